The molecule has 4 heteroatoms. The maximum absolute atomic E-state index is 11.1. The molecular formula is C10H15NO3. The predicted molar refractivity (Wildman–Crippen MR) is 53.4 cm³/mol. The van der Waals surface area contributed by atoms with Gasteiger partial charge in [0.25, 0.3) is 5.54 Å². The first-order valence-corrected chi connectivity index (χ1v) is 4.67. The number of allylic oxidation sites excluding steroid dienone is 2. The first-order valence-electron chi connectivity index (χ1n) is 4.67. The Hall–Kier alpha value is -1.16. The fourth-order valence-electron chi connectivity index (χ4n) is 1.92. The van der Waals surface area contributed by atoms with Gasteiger partial charge in [0.15, 0.2) is 0 Å². The molecule has 0 aliphatic heterocycles. The van der Waals surface area contributed by atoms with Crippen LogP contribution in [0.15, 0.2) is 24.3 Å². The molecule has 0 bridgehead atoms. The van der Waals surface area contributed by atoms with Crippen molar-refractivity contribution in [2.75, 3.05) is 6.61 Å². The molecule has 0 radical (unpaired) electrons. The molecule has 1 aliphatic carbocycles. The number of rotatable bonds is 3. The van der Waals surface area contributed by atoms with Crippen LogP contribution in [0, 0.1) is 22.0 Å². The van der Waals surface area contributed by atoms with E-state index < -0.39 is 11.5 Å². The normalized spacial score (nSPS) is 31.0. The number of hydrogen-bond donors (Lipinski definition) is 1. The quantitative estimate of drug-likeness (QED) is 0.549. The zero-order chi connectivity index (χ0) is 10.8. The third kappa shape index (κ3) is 1.46. The summed E-state index contributed by atoms with van der Waals surface area (Å²) < 4.78 is 0. The molecule has 1 rings (SSSR count). The van der Waals surface area contributed by atoms with Gasteiger partial charge >= 0.3 is 0 Å². The molecule has 0 saturated heterocycles. The Morgan fingerprint density at radius 1 is 1.57 bits per heavy atom. The lowest BCUT2D eigenvalue weighted by Gasteiger charge is -2.32. The van der Waals surface area contributed by atoms with Gasteiger partial charge in [0, 0.05) is 10.8 Å². The van der Waals surface area contributed by atoms with Gasteiger partial charge in [-0.15, -0.1) is 0 Å². The van der Waals surface area contributed by atoms with Gasteiger partial charge in [-0.2, -0.15) is 0 Å². The number of aliphatic hydroxyl groups excluding tert-OH is 1. The maximum Gasteiger partial charge on any atom is 0.251 e. The van der Waals surface area contributed by atoms with Crippen LogP contribution in [0.1, 0.15) is 13.8 Å². The van der Waals surface area contributed by atoms with Crippen molar-refractivity contribution >= 4 is 0 Å². The van der Waals surface area contributed by atoms with Crippen LogP contribution >= 0.6 is 0 Å². The molecule has 0 fully saturated rings. The highest BCUT2D eigenvalue weighted by atomic mass is 16.6. The van der Waals surface area contributed by atoms with Gasteiger partial charge in [-0.05, 0) is 6.08 Å². The molecule has 4 nitrogen and oxygen atoms in total. The van der Waals surface area contributed by atoms with Crippen molar-refractivity contribution in [3.8, 4) is 0 Å². The van der Waals surface area contributed by atoms with Gasteiger partial charge in [-0.3, -0.25) is 10.1 Å². The van der Waals surface area contributed by atoms with Crippen LogP contribution in [0.4, 0.5) is 0 Å². The number of nitro groups is 1. The van der Waals surface area contributed by atoms with E-state index in [-0.39, 0.29) is 17.4 Å². The predicted octanol–water partition coefficient (Wildman–Crippen LogP) is 1.39. The summed E-state index contributed by atoms with van der Waals surface area (Å²) in [5, 5.41) is 20.2. The van der Waals surface area contributed by atoms with E-state index in [0.717, 1.165) is 0 Å². The Kier molecular flexibility index (Phi) is 3.06. The summed E-state index contributed by atoms with van der Waals surface area (Å²) in [5.41, 5.74) is -1.15. The Bertz CT molecular complexity index is 283. The average molecular weight is 197 g/mol. The van der Waals surface area contributed by atoms with Crippen LogP contribution in [0.2, 0.25) is 0 Å². The van der Waals surface area contributed by atoms with Crippen LogP contribution in [-0.2, 0) is 0 Å². The third-order valence-electron chi connectivity index (χ3n) is 2.85. The van der Waals surface area contributed by atoms with E-state index in [1.165, 1.54) is 0 Å². The zero-order valence-electron chi connectivity index (χ0n) is 8.38. The zero-order valence-corrected chi connectivity index (χ0v) is 8.38. The summed E-state index contributed by atoms with van der Waals surface area (Å²) in [6.07, 6.45) is 6.70. The molecule has 0 aromatic carbocycles. The molecule has 14 heavy (non-hydrogen) atoms. The van der Waals surface area contributed by atoms with Crippen molar-refractivity contribution in [1.82, 2.24) is 0 Å². The second-order valence-corrected chi connectivity index (χ2v) is 3.83. The number of aliphatic hydroxyl groups is 1. The van der Waals surface area contributed by atoms with Crippen LogP contribution in [0.25, 0.3) is 0 Å². The van der Waals surface area contributed by atoms with E-state index in [0.29, 0.717) is 0 Å². The van der Waals surface area contributed by atoms with Crippen LogP contribution in [0.5, 0.6) is 0 Å². The first kappa shape index (κ1) is 10.9. The molecule has 0 aromatic heterocycles. The summed E-state index contributed by atoms with van der Waals surface area (Å²) in [5.74, 6) is -0.571. The fraction of sp³-hybridized carbons (Fsp3) is 0.600. The third-order valence-corrected chi connectivity index (χ3v) is 2.85. The lowest BCUT2D eigenvalue weighted by Crippen LogP contribution is -2.50. The fourth-order valence-corrected chi connectivity index (χ4v) is 1.92. The minimum absolute atomic E-state index is 0.143. The lowest BCUT2D eigenvalue weighted by atomic mass is 9.74. The van der Waals surface area contributed by atoms with E-state index in [1.807, 2.05) is 0 Å². The molecule has 0 amide bonds. The molecular weight excluding hydrogens is 182 g/mol. The highest BCUT2D eigenvalue weighted by molar-refractivity contribution is 5.22. The van der Waals surface area contributed by atoms with Gasteiger partial charge in [-0.1, -0.05) is 32.1 Å². The number of nitrogens with zero attached hydrogens (tertiary/aromatic N) is 1. The number of hydrogen-bond acceptors (Lipinski definition) is 3. The molecule has 78 valence electrons. The summed E-state index contributed by atoms with van der Waals surface area (Å²) in [6.45, 7) is 3.41. The van der Waals surface area contributed by atoms with Crippen molar-refractivity contribution in [1.29, 1.82) is 0 Å². The SMILES string of the molecule is CC(C)C1([N+](=O)[O-])C=CC=CC1CO. The van der Waals surface area contributed by atoms with Crippen molar-refractivity contribution in [2.24, 2.45) is 11.8 Å². The van der Waals surface area contributed by atoms with Crippen molar-refractivity contribution in [3.05, 3.63) is 34.4 Å². The maximum atomic E-state index is 11.1. The molecule has 0 aromatic rings. The molecule has 0 spiro atoms. The Morgan fingerprint density at radius 2 is 2.21 bits per heavy atom. The van der Waals surface area contributed by atoms with Crippen molar-refractivity contribution in [2.45, 2.75) is 19.4 Å². The Morgan fingerprint density at radius 3 is 2.57 bits per heavy atom. The van der Waals surface area contributed by atoms with Crippen molar-refractivity contribution in [3.63, 3.8) is 0 Å². The lowest BCUT2D eigenvalue weighted by molar-refractivity contribution is -0.573. The summed E-state index contributed by atoms with van der Waals surface area (Å²) in [6, 6.07) is 0. The summed E-state index contributed by atoms with van der Waals surface area (Å²) in [4.78, 5) is 10.8. The van der Waals surface area contributed by atoms with Gasteiger partial charge in [-0.25, -0.2) is 0 Å². The molecule has 2 atom stereocenters. The van der Waals surface area contributed by atoms with E-state index >= 15 is 0 Å². The van der Waals surface area contributed by atoms with E-state index in [2.05, 4.69) is 0 Å². The summed E-state index contributed by atoms with van der Waals surface area (Å²) >= 11 is 0. The topological polar surface area (TPSA) is 63.4 Å². The second-order valence-electron chi connectivity index (χ2n) is 3.83. The molecule has 0 saturated carbocycles. The van der Waals surface area contributed by atoms with Crippen LogP contribution < -0.4 is 0 Å². The second kappa shape index (κ2) is 3.92. The Balaban J connectivity index is 3.13. The van der Waals surface area contributed by atoms with E-state index in [4.69, 9.17) is 5.11 Å². The standard InChI is InChI=1S/C10H15NO3/c1-8(2)10(11(13)14)6-4-3-5-9(10)7-12/h3-6,8-9,12H,7H2,1-2H3. The van der Waals surface area contributed by atoms with Gasteiger partial charge in [0.1, 0.15) is 0 Å². The monoisotopic (exact) mass is 197 g/mol. The highest BCUT2D eigenvalue weighted by Gasteiger charge is 2.50. The smallest absolute Gasteiger partial charge is 0.251 e. The van der Waals surface area contributed by atoms with Crippen LogP contribution in [-0.4, -0.2) is 22.2 Å². The minimum atomic E-state index is -1.15. The largest absolute Gasteiger partial charge is 0.395 e. The molecule has 0 heterocycles. The Labute approximate surface area is 83.1 Å². The van der Waals surface area contributed by atoms with E-state index in [9.17, 15) is 10.1 Å². The summed E-state index contributed by atoms with van der Waals surface area (Å²) in [7, 11) is 0. The van der Waals surface area contributed by atoms with Crippen LogP contribution in [0.3, 0.4) is 0 Å². The van der Waals surface area contributed by atoms with Gasteiger partial charge in [0.2, 0.25) is 0 Å². The molecule has 1 N–H and O–H groups in total. The van der Waals surface area contributed by atoms with E-state index in [1.54, 1.807) is 38.2 Å². The van der Waals surface area contributed by atoms with Gasteiger partial charge in [0.05, 0.1) is 12.5 Å². The minimum Gasteiger partial charge on any atom is -0.395 e. The first-order chi connectivity index (χ1) is 6.55. The highest BCUT2D eigenvalue weighted by Crippen LogP contribution is 2.34. The average Bonchev–Trinajstić information content (AvgIpc) is 2.16. The molecule has 1 aliphatic rings. The molecule has 2 unspecified atom stereocenters. The van der Waals surface area contributed by atoms with Crippen molar-refractivity contribution < 1.29 is 10.0 Å². The van der Waals surface area contributed by atoms with Gasteiger partial charge < -0.3 is 5.11 Å².